The van der Waals surface area contributed by atoms with Crippen molar-refractivity contribution in [2.24, 2.45) is 15.9 Å². The molecule has 1 atom stereocenters. The van der Waals surface area contributed by atoms with E-state index in [0.717, 1.165) is 25.3 Å². The zero-order valence-corrected chi connectivity index (χ0v) is 16.0. The first-order valence-corrected chi connectivity index (χ1v) is 9.70. The van der Waals surface area contributed by atoms with Crippen molar-refractivity contribution >= 4 is 17.9 Å². The Labute approximate surface area is 171 Å². The summed E-state index contributed by atoms with van der Waals surface area (Å²) in [5.41, 5.74) is 0.288. The number of nitrogens with zero attached hydrogens (tertiary/aromatic N) is 5. The summed E-state index contributed by atoms with van der Waals surface area (Å²) in [7, 11) is 0. The van der Waals surface area contributed by atoms with E-state index in [2.05, 4.69) is 20.4 Å². The van der Waals surface area contributed by atoms with Gasteiger partial charge in [0.1, 0.15) is 35.5 Å². The maximum atomic E-state index is 13.6. The molecule has 0 spiro atoms. The fraction of sp³-hybridized carbons (Fsp3) is 0.381. The highest BCUT2D eigenvalue weighted by atomic mass is 19.1. The van der Waals surface area contributed by atoms with Crippen LogP contribution in [-0.2, 0) is 4.79 Å². The molecule has 152 valence electrons. The van der Waals surface area contributed by atoms with Crippen molar-refractivity contribution < 1.29 is 13.6 Å². The van der Waals surface area contributed by atoms with E-state index in [1.54, 1.807) is 12.3 Å². The quantitative estimate of drug-likeness (QED) is 0.820. The van der Waals surface area contributed by atoms with Gasteiger partial charge in [-0.2, -0.15) is 10.4 Å². The topological polar surface area (TPSA) is 94.3 Å². The summed E-state index contributed by atoms with van der Waals surface area (Å²) in [4.78, 5) is 21.1. The second-order valence-electron chi connectivity index (χ2n) is 8.47. The lowest BCUT2D eigenvalue weighted by atomic mass is 9.34. The largest absolute Gasteiger partial charge is 0.369 e. The number of anilines is 1. The maximum absolute atomic E-state index is 13.6. The van der Waals surface area contributed by atoms with Gasteiger partial charge in [0.15, 0.2) is 0 Å². The first-order valence-electron chi connectivity index (χ1n) is 9.70. The number of amides is 1. The van der Waals surface area contributed by atoms with Gasteiger partial charge < -0.3 is 5.32 Å². The van der Waals surface area contributed by atoms with Crippen LogP contribution >= 0.6 is 0 Å². The molecule has 2 bridgehead atoms. The van der Waals surface area contributed by atoms with Crippen molar-refractivity contribution in [3.8, 4) is 6.07 Å². The predicted octanol–water partition coefficient (Wildman–Crippen LogP) is 3.17. The van der Waals surface area contributed by atoms with E-state index in [1.807, 2.05) is 6.07 Å². The Kier molecular flexibility index (Phi) is 4.07. The molecule has 3 aliphatic carbocycles. The number of rotatable bonds is 5. The normalized spacial score (nSPS) is 28.4. The molecule has 1 aromatic heterocycles. The summed E-state index contributed by atoms with van der Waals surface area (Å²) >= 11 is 0. The van der Waals surface area contributed by atoms with Gasteiger partial charge >= 0.3 is 0 Å². The number of aromatic nitrogens is 2. The molecule has 0 radical (unpaired) electrons. The Bertz CT molecular complexity index is 1070. The lowest BCUT2D eigenvalue weighted by Gasteiger charge is -2.69. The molecule has 30 heavy (non-hydrogen) atoms. The van der Waals surface area contributed by atoms with Crippen LogP contribution in [0.2, 0.25) is 0 Å². The second kappa shape index (κ2) is 6.55. The van der Waals surface area contributed by atoms with Gasteiger partial charge in [-0.05, 0) is 42.4 Å². The molecule has 7 nitrogen and oxygen atoms in total. The van der Waals surface area contributed by atoms with E-state index in [-0.39, 0.29) is 11.3 Å². The number of hydrogen-bond acceptors (Lipinski definition) is 6. The monoisotopic (exact) mass is 408 g/mol. The van der Waals surface area contributed by atoms with Crippen LogP contribution in [-0.4, -0.2) is 33.6 Å². The Balaban J connectivity index is 1.23. The molecule has 2 heterocycles. The molecule has 3 fully saturated rings. The summed E-state index contributed by atoms with van der Waals surface area (Å²) < 4.78 is 27.3. The smallest absolute Gasteiger partial charge is 0.249 e. The molecular weight excluding hydrogens is 390 g/mol. The number of carbonyl (C=O) groups is 1. The number of halogens is 2. The minimum Gasteiger partial charge on any atom is -0.369 e. The number of hydrazone groups is 1. The van der Waals surface area contributed by atoms with E-state index in [4.69, 9.17) is 5.26 Å². The SMILES string of the molecule is N#Cc1cc(NCC23CC(C(=O)N4N=CCC4c4cc(F)cc(F)c4)(C2)C3)ncn1. The highest BCUT2D eigenvalue weighted by Crippen LogP contribution is 2.74. The molecule has 1 N–H and O–H groups in total. The molecule has 2 aromatic rings. The molecule has 1 amide bonds. The minimum atomic E-state index is -0.663. The number of benzene rings is 1. The van der Waals surface area contributed by atoms with Crippen LogP contribution in [0.1, 0.15) is 43.0 Å². The van der Waals surface area contributed by atoms with Crippen molar-refractivity contribution in [1.82, 2.24) is 15.0 Å². The molecule has 1 unspecified atom stereocenters. The van der Waals surface area contributed by atoms with Crippen LogP contribution in [0.15, 0.2) is 35.7 Å². The third-order valence-electron chi connectivity index (χ3n) is 6.33. The standard InChI is InChI=1S/C21H18F2N6O/c22-14-3-13(4-15(23)5-14)17-1-2-28-29(17)19(30)21-8-20(9-21,10-21)11-25-18-6-16(7-24)26-12-27-18/h2-6,12,17H,1,8-11H2,(H,25,26,27). The zero-order valence-electron chi connectivity index (χ0n) is 16.0. The van der Waals surface area contributed by atoms with Gasteiger partial charge in [0.25, 0.3) is 0 Å². The van der Waals surface area contributed by atoms with Crippen molar-refractivity contribution in [1.29, 1.82) is 5.26 Å². The predicted molar refractivity (Wildman–Crippen MR) is 103 cm³/mol. The number of carbonyl (C=O) groups excluding carboxylic acids is 1. The summed E-state index contributed by atoms with van der Waals surface area (Å²) in [6.45, 7) is 0.658. The third kappa shape index (κ3) is 2.91. The van der Waals surface area contributed by atoms with E-state index in [0.29, 0.717) is 30.0 Å². The van der Waals surface area contributed by atoms with E-state index in [9.17, 15) is 13.6 Å². The average molecular weight is 408 g/mol. The molecule has 6 rings (SSSR count). The molecule has 0 saturated heterocycles. The number of hydrogen-bond donors (Lipinski definition) is 1. The highest BCUT2D eigenvalue weighted by Gasteiger charge is 2.72. The lowest BCUT2D eigenvalue weighted by molar-refractivity contribution is -0.212. The molecule has 9 heteroatoms. The van der Waals surface area contributed by atoms with Crippen LogP contribution < -0.4 is 5.32 Å². The van der Waals surface area contributed by atoms with E-state index < -0.39 is 23.1 Å². The van der Waals surface area contributed by atoms with Crippen molar-refractivity contribution in [3.05, 3.63) is 53.5 Å². The average Bonchev–Trinajstić information content (AvgIpc) is 3.15. The Hall–Kier alpha value is -3.41. The molecule has 3 saturated carbocycles. The Morgan fingerprint density at radius 1 is 1.20 bits per heavy atom. The molecule has 4 aliphatic rings. The van der Waals surface area contributed by atoms with Crippen LogP contribution in [0, 0.1) is 33.8 Å². The summed E-state index contributed by atoms with van der Waals surface area (Å²) in [6.07, 6.45) is 5.60. The molecule has 1 aliphatic heterocycles. The Morgan fingerprint density at radius 2 is 1.93 bits per heavy atom. The van der Waals surface area contributed by atoms with Crippen molar-refractivity contribution in [2.45, 2.75) is 31.7 Å². The number of nitrogens with one attached hydrogen (secondary N) is 1. The third-order valence-corrected chi connectivity index (χ3v) is 6.33. The maximum Gasteiger partial charge on any atom is 0.249 e. The van der Waals surface area contributed by atoms with Gasteiger partial charge in [-0.1, -0.05) is 0 Å². The first kappa shape index (κ1) is 18.6. The van der Waals surface area contributed by atoms with Crippen LogP contribution in [0.5, 0.6) is 0 Å². The van der Waals surface area contributed by atoms with E-state index in [1.165, 1.54) is 23.5 Å². The zero-order chi connectivity index (χ0) is 20.9. The van der Waals surface area contributed by atoms with Gasteiger partial charge in [-0.25, -0.2) is 23.8 Å². The molecular formula is C21H18F2N6O. The molecule has 1 aromatic carbocycles. The second-order valence-corrected chi connectivity index (χ2v) is 8.47. The number of nitriles is 1. The van der Waals surface area contributed by atoms with Crippen molar-refractivity contribution in [3.63, 3.8) is 0 Å². The fourth-order valence-electron chi connectivity index (χ4n) is 5.10. The van der Waals surface area contributed by atoms with Crippen LogP contribution in [0.25, 0.3) is 0 Å². The minimum absolute atomic E-state index is 0.0251. The van der Waals surface area contributed by atoms with Gasteiger partial charge in [-0.3, -0.25) is 4.79 Å². The van der Waals surface area contributed by atoms with Gasteiger partial charge in [0.2, 0.25) is 5.91 Å². The fourth-order valence-corrected chi connectivity index (χ4v) is 5.10. The highest BCUT2D eigenvalue weighted by molar-refractivity contribution is 5.88. The first-order chi connectivity index (χ1) is 14.4. The van der Waals surface area contributed by atoms with Crippen LogP contribution in [0.3, 0.4) is 0 Å². The van der Waals surface area contributed by atoms with Gasteiger partial charge in [-0.15, -0.1) is 0 Å². The van der Waals surface area contributed by atoms with Crippen LogP contribution in [0.4, 0.5) is 14.6 Å². The lowest BCUT2D eigenvalue weighted by Crippen LogP contribution is -2.69. The summed E-state index contributed by atoms with van der Waals surface area (Å²) in [5.74, 6) is -0.821. The van der Waals surface area contributed by atoms with Gasteiger partial charge in [0, 0.05) is 31.3 Å². The van der Waals surface area contributed by atoms with Gasteiger partial charge in [0.05, 0.1) is 11.5 Å². The summed E-state index contributed by atoms with van der Waals surface area (Å²) in [5, 5.41) is 17.8. The van der Waals surface area contributed by atoms with Crippen molar-refractivity contribution in [2.75, 3.05) is 11.9 Å². The Morgan fingerprint density at radius 3 is 2.63 bits per heavy atom. The summed E-state index contributed by atoms with van der Waals surface area (Å²) in [6, 6.07) is 6.43. The van der Waals surface area contributed by atoms with E-state index >= 15 is 0 Å².